The predicted molar refractivity (Wildman–Crippen MR) is 97.0 cm³/mol. The van der Waals surface area contributed by atoms with Gasteiger partial charge in [-0.25, -0.2) is 0 Å². The third kappa shape index (κ3) is 10.8. The summed E-state index contributed by atoms with van der Waals surface area (Å²) in [5, 5.41) is 18.3. The molecule has 0 aromatic carbocycles. The zero-order chi connectivity index (χ0) is 17.6. The Hall–Kier alpha value is -1.81. The summed E-state index contributed by atoms with van der Waals surface area (Å²) in [6.07, 6.45) is 20.7. The van der Waals surface area contributed by atoms with Gasteiger partial charge in [-0.3, -0.25) is 4.79 Å². The molecule has 2 unspecified atom stereocenters. The van der Waals surface area contributed by atoms with E-state index in [4.69, 9.17) is 9.84 Å². The van der Waals surface area contributed by atoms with E-state index in [0.717, 1.165) is 32.1 Å². The van der Waals surface area contributed by atoms with Gasteiger partial charge >= 0.3 is 5.97 Å². The van der Waals surface area contributed by atoms with Crippen LogP contribution >= 0.6 is 0 Å². The number of aliphatic carboxylic acids is 1. The molecule has 4 nitrogen and oxygen atoms in total. The number of rotatable bonds is 13. The second-order valence-electron chi connectivity index (χ2n) is 5.93. The molecular weight excluding hydrogens is 304 g/mol. The first kappa shape index (κ1) is 20.2. The fourth-order valence-corrected chi connectivity index (χ4v) is 2.32. The molecule has 4 heteroatoms. The molecule has 1 heterocycles. The second-order valence-corrected chi connectivity index (χ2v) is 5.93. The molecule has 2 N–H and O–H groups in total. The van der Waals surface area contributed by atoms with Gasteiger partial charge in [0.2, 0.25) is 0 Å². The third-order valence-electron chi connectivity index (χ3n) is 3.81. The molecule has 0 amide bonds. The Morgan fingerprint density at radius 3 is 2.46 bits per heavy atom. The smallest absolute Gasteiger partial charge is 0.303 e. The molecule has 1 fully saturated rings. The summed E-state index contributed by atoms with van der Waals surface area (Å²) >= 11 is 0. The van der Waals surface area contributed by atoms with Crippen LogP contribution in [0.4, 0.5) is 0 Å². The fraction of sp³-hybridized carbons (Fsp3) is 0.550. The molecule has 0 aromatic rings. The van der Waals surface area contributed by atoms with Crippen molar-refractivity contribution in [1.82, 2.24) is 0 Å². The number of hydrogen-bond acceptors (Lipinski definition) is 3. The van der Waals surface area contributed by atoms with Crippen molar-refractivity contribution in [3.63, 3.8) is 0 Å². The Kier molecular flexibility index (Phi) is 10.6. The number of carboxylic acid groups (broad SMARTS) is 1. The molecule has 1 aliphatic rings. The highest BCUT2D eigenvalue weighted by atomic mass is 16.6. The van der Waals surface area contributed by atoms with Crippen molar-refractivity contribution >= 4 is 5.97 Å². The standard InChI is InChI=1S/C20H30O4/c1-2-18-19(24-18)15-12-11-14-17(21)13-9-7-5-3-4-6-8-10-16-20(22)23/h4-7,11-13,18-19,21H,2-3,8-10,14-16H2,1H3,(H,22,23)/b6-4-,7-5-,12-11-,17-13-. The largest absolute Gasteiger partial charge is 0.512 e. The molecule has 0 spiro atoms. The number of aliphatic hydroxyl groups excluding tert-OH is 1. The number of hydrogen-bond donors (Lipinski definition) is 2. The molecule has 1 aliphatic heterocycles. The minimum absolute atomic E-state index is 0.228. The minimum Gasteiger partial charge on any atom is -0.512 e. The Balaban J connectivity index is 2.01. The molecule has 134 valence electrons. The lowest BCUT2D eigenvalue weighted by molar-refractivity contribution is -0.137. The molecule has 1 saturated heterocycles. The maximum atomic E-state index is 10.3. The number of unbranched alkanes of at least 4 members (excludes halogenated alkanes) is 1. The number of allylic oxidation sites excluding steroid dienone is 6. The first-order valence-corrected chi connectivity index (χ1v) is 8.83. The van der Waals surface area contributed by atoms with Crippen LogP contribution in [0.25, 0.3) is 0 Å². The van der Waals surface area contributed by atoms with Gasteiger partial charge in [0.25, 0.3) is 0 Å². The van der Waals surface area contributed by atoms with Crippen molar-refractivity contribution in [3.05, 3.63) is 48.3 Å². The van der Waals surface area contributed by atoms with E-state index in [-0.39, 0.29) is 6.42 Å². The van der Waals surface area contributed by atoms with Gasteiger partial charge in [-0.15, -0.1) is 0 Å². The lowest BCUT2D eigenvalue weighted by atomic mass is 10.2. The Morgan fingerprint density at radius 2 is 1.75 bits per heavy atom. The molecule has 24 heavy (non-hydrogen) atoms. The van der Waals surface area contributed by atoms with E-state index in [1.54, 1.807) is 0 Å². The molecule has 0 aromatic heterocycles. The predicted octanol–water partition coefficient (Wildman–Crippen LogP) is 5.09. The van der Waals surface area contributed by atoms with Crippen LogP contribution in [-0.2, 0) is 9.53 Å². The zero-order valence-electron chi connectivity index (χ0n) is 14.6. The van der Waals surface area contributed by atoms with Crippen LogP contribution in [0.3, 0.4) is 0 Å². The number of ether oxygens (including phenoxy) is 1. The minimum atomic E-state index is -0.740. The van der Waals surface area contributed by atoms with Gasteiger partial charge in [0, 0.05) is 12.8 Å². The molecule has 0 aliphatic carbocycles. The highest BCUT2D eigenvalue weighted by Gasteiger charge is 2.35. The van der Waals surface area contributed by atoms with Crippen LogP contribution in [0.5, 0.6) is 0 Å². The van der Waals surface area contributed by atoms with Gasteiger partial charge in [0.1, 0.15) is 0 Å². The lowest BCUT2D eigenvalue weighted by Gasteiger charge is -1.93. The third-order valence-corrected chi connectivity index (χ3v) is 3.81. The topological polar surface area (TPSA) is 70.1 Å². The van der Waals surface area contributed by atoms with E-state index >= 15 is 0 Å². The normalized spacial score (nSPS) is 21.3. The van der Waals surface area contributed by atoms with E-state index in [0.29, 0.717) is 30.8 Å². The van der Waals surface area contributed by atoms with Gasteiger partial charge in [0.15, 0.2) is 0 Å². The summed E-state index contributed by atoms with van der Waals surface area (Å²) in [5.74, 6) is -0.348. The summed E-state index contributed by atoms with van der Waals surface area (Å²) in [5.41, 5.74) is 0. The van der Waals surface area contributed by atoms with Crippen molar-refractivity contribution in [3.8, 4) is 0 Å². The maximum absolute atomic E-state index is 10.3. The zero-order valence-corrected chi connectivity index (χ0v) is 14.6. The highest BCUT2D eigenvalue weighted by Crippen LogP contribution is 2.28. The summed E-state index contributed by atoms with van der Waals surface area (Å²) < 4.78 is 5.45. The molecule has 1 rings (SSSR count). The maximum Gasteiger partial charge on any atom is 0.303 e. The number of carboxylic acids is 1. The van der Waals surface area contributed by atoms with Crippen LogP contribution in [-0.4, -0.2) is 28.4 Å². The van der Waals surface area contributed by atoms with E-state index < -0.39 is 5.97 Å². The van der Waals surface area contributed by atoms with Gasteiger partial charge in [-0.1, -0.05) is 43.4 Å². The number of aliphatic hydroxyl groups is 1. The number of carbonyl (C=O) groups is 1. The van der Waals surface area contributed by atoms with Crippen molar-refractivity contribution in [2.75, 3.05) is 0 Å². The highest BCUT2D eigenvalue weighted by molar-refractivity contribution is 5.66. The molecular formula is C20H30O4. The van der Waals surface area contributed by atoms with E-state index in [9.17, 15) is 9.90 Å². The van der Waals surface area contributed by atoms with Gasteiger partial charge in [0.05, 0.1) is 18.0 Å². The van der Waals surface area contributed by atoms with Crippen LogP contribution < -0.4 is 0 Å². The Bertz CT molecular complexity index is 474. The van der Waals surface area contributed by atoms with Crippen LogP contribution in [0.2, 0.25) is 0 Å². The average molecular weight is 334 g/mol. The van der Waals surface area contributed by atoms with Crippen molar-refractivity contribution < 1.29 is 19.7 Å². The summed E-state index contributed by atoms with van der Waals surface area (Å²) in [7, 11) is 0. The van der Waals surface area contributed by atoms with Crippen LogP contribution in [0.15, 0.2) is 48.3 Å². The Labute approximate surface area is 145 Å². The SMILES string of the molecule is CCC1OC1C/C=C\C/C(O)=C/C/C=C\C/C=C\CCCC(=O)O. The van der Waals surface area contributed by atoms with Crippen molar-refractivity contribution in [2.45, 2.75) is 70.5 Å². The monoisotopic (exact) mass is 334 g/mol. The fourth-order valence-electron chi connectivity index (χ4n) is 2.32. The van der Waals surface area contributed by atoms with Crippen molar-refractivity contribution in [1.29, 1.82) is 0 Å². The molecule has 0 radical (unpaired) electrons. The van der Waals surface area contributed by atoms with E-state index in [1.165, 1.54) is 0 Å². The Morgan fingerprint density at radius 1 is 1.00 bits per heavy atom. The van der Waals surface area contributed by atoms with Crippen molar-refractivity contribution in [2.24, 2.45) is 0 Å². The summed E-state index contributed by atoms with van der Waals surface area (Å²) in [6.45, 7) is 2.13. The number of epoxide rings is 1. The van der Waals surface area contributed by atoms with E-state index in [2.05, 4.69) is 13.0 Å². The molecule has 2 atom stereocenters. The van der Waals surface area contributed by atoms with Gasteiger partial charge in [-0.05, 0) is 44.6 Å². The first-order valence-electron chi connectivity index (χ1n) is 8.83. The first-order chi connectivity index (χ1) is 11.6. The lowest BCUT2D eigenvalue weighted by Crippen LogP contribution is -1.92. The average Bonchev–Trinajstić information content (AvgIpc) is 3.31. The van der Waals surface area contributed by atoms with Gasteiger partial charge in [-0.2, -0.15) is 0 Å². The summed E-state index contributed by atoms with van der Waals surface area (Å²) in [6, 6.07) is 0. The van der Waals surface area contributed by atoms with Crippen LogP contribution in [0, 0.1) is 0 Å². The molecule has 0 bridgehead atoms. The second kappa shape index (κ2) is 12.6. The van der Waals surface area contributed by atoms with Crippen LogP contribution in [0.1, 0.15) is 58.3 Å². The van der Waals surface area contributed by atoms with Gasteiger partial charge < -0.3 is 14.9 Å². The molecule has 0 saturated carbocycles. The quantitative estimate of drug-likeness (QED) is 0.213. The summed E-state index contributed by atoms with van der Waals surface area (Å²) in [4.78, 5) is 10.3. The van der Waals surface area contributed by atoms with E-state index in [1.807, 2.05) is 36.5 Å².